The van der Waals surface area contributed by atoms with E-state index in [1.54, 1.807) is 12.4 Å². The maximum atomic E-state index is 12.0. The van der Waals surface area contributed by atoms with Gasteiger partial charge in [-0.25, -0.2) is 9.97 Å². The van der Waals surface area contributed by atoms with E-state index in [9.17, 15) is 4.79 Å². The number of nitrogens with zero attached hydrogens (tertiary/aromatic N) is 4. The molecule has 1 aromatic heterocycles. The lowest BCUT2D eigenvalue weighted by molar-refractivity contribution is -0.120. The third-order valence-electron chi connectivity index (χ3n) is 5.89. The van der Waals surface area contributed by atoms with E-state index < -0.39 is 0 Å². The number of hydrogen-bond donors (Lipinski definition) is 1. The van der Waals surface area contributed by atoms with Crippen LogP contribution in [-0.2, 0) is 11.2 Å². The standard InChI is InChI=1S/C22H33N5O.H2/c1-4-6-7-8-11-23-21(28)12-18-13-24-22(25-14-18)27-19-9-10-20(27)16-26(15-19)17(3)5-2;/h13-14,17,19-20H,4-5,8-12,15-16H2,1-3H3,(H,23,28);1H. The summed E-state index contributed by atoms with van der Waals surface area (Å²) in [6.45, 7) is 9.39. The van der Waals surface area contributed by atoms with Gasteiger partial charge in [-0.2, -0.15) is 0 Å². The number of hydrogen-bond acceptors (Lipinski definition) is 5. The average Bonchev–Trinajstić information content (AvgIpc) is 2.97. The number of anilines is 1. The number of carbonyl (C=O) groups is 1. The zero-order chi connectivity index (χ0) is 19.9. The molecule has 2 aliphatic heterocycles. The van der Waals surface area contributed by atoms with Crippen LogP contribution in [0.5, 0.6) is 0 Å². The van der Waals surface area contributed by atoms with Crippen LogP contribution in [0.4, 0.5) is 5.95 Å². The maximum absolute atomic E-state index is 12.0. The normalized spacial score (nSPS) is 22.5. The number of piperazine rings is 1. The summed E-state index contributed by atoms with van der Waals surface area (Å²) >= 11 is 0. The molecule has 3 heterocycles. The van der Waals surface area contributed by atoms with Gasteiger partial charge in [0.05, 0.1) is 6.42 Å². The molecule has 154 valence electrons. The van der Waals surface area contributed by atoms with E-state index in [1.807, 2.05) is 6.92 Å². The van der Waals surface area contributed by atoms with Crippen LogP contribution < -0.4 is 10.2 Å². The van der Waals surface area contributed by atoms with E-state index in [0.29, 0.717) is 37.5 Å². The first-order chi connectivity index (χ1) is 13.6. The Hall–Kier alpha value is -2.13. The van der Waals surface area contributed by atoms with Crippen molar-refractivity contribution in [3.63, 3.8) is 0 Å². The summed E-state index contributed by atoms with van der Waals surface area (Å²) in [5.41, 5.74) is 0.853. The minimum Gasteiger partial charge on any atom is -0.355 e. The van der Waals surface area contributed by atoms with Crippen molar-refractivity contribution in [3.8, 4) is 11.8 Å². The third kappa shape index (κ3) is 5.02. The molecule has 6 heteroatoms. The molecule has 0 saturated carbocycles. The minimum atomic E-state index is -0.00288. The quantitative estimate of drug-likeness (QED) is 0.577. The second-order valence-electron chi connectivity index (χ2n) is 7.88. The Labute approximate surface area is 170 Å². The van der Waals surface area contributed by atoms with Crippen LogP contribution >= 0.6 is 0 Å². The molecule has 2 fully saturated rings. The molecule has 28 heavy (non-hydrogen) atoms. The van der Waals surface area contributed by atoms with E-state index in [0.717, 1.165) is 31.0 Å². The number of rotatable bonds is 7. The highest BCUT2D eigenvalue weighted by Crippen LogP contribution is 2.33. The monoisotopic (exact) mass is 385 g/mol. The van der Waals surface area contributed by atoms with Crippen molar-refractivity contribution >= 4 is 11.9 Å². The summed E-state index contributed by atoms with van der Waals surface area (Å²) in [6, 6.07) is 1.65. The predicted molar refractivity (Wildman–Crippen MR) is 114 cm³/mol. The number of fused-ring (bicyclic) bond motifs is 2. The lowest BCUT2D eigenvalue weighted by atomic mass is 10.1. The molecule has 3 atom stereocenters. The zero-order valence-electron chi connectivity index (χ0n) is 17.4. The van der Waals surface area contributed by atoms with Gasteiger partial charge in [0.1, 0.15) is 0 Å². The van der Waals surface area contributed by atoms with Crippen molar-refractivity contribution in [3.05, 3.63) is 18.0 Å². The van der Waals surface area contributed by atoms with Gasteiger partial charge in [0.25, 0.3) is 0 Å². The van der Waals surface area contributed by atoms with E-state index in [2.05, 4.69) is 50.8 Å². The van der Waals surface area contributed by atoms with Gasteiger partial charge in [-0.1, -0.05) is 13.8 Å². The first-order valence-electron chi connectivity index (χ1n) is 10.7. The summed E-state index contributed by atoms with van der Waals surface area (Å²) < 4.78 is 0. The Balaban J connectivity index is 0.00000300. The fourth-order valence-corrected chi connectivity index (χ4v) is 4.18. The van der Waals surface area contributed by atoms with Gasteiger partial charge in [-0.15, -0.1) is 11.8 Å². The van der Waals surface area contributed by atoms with Crippen LogP contribution in [0.1, 0.15) is 59.9 Å². The van der Waals surface area contributed by atoms with Crippen molar-refractivity contribution in [1.29, 1.82) is 0 Å². The second-order valence-corrected chi connectivity index (χ2v) is 7.88. The lowest BCUT2D eigenvalue weighted by Crippen LogP contribution is -2.56. The molecule has 3 rings (SSSR count). The van der Waals surface area contributed by atoms with Crippen molar-refractivity contribution in [2.24, 2.45) is 0 Å². The van der Waals surface area contributed by atoms with Gasteiger partial charge in [-0.05, 0) is 31.7 Å². The molecule has 0 aliphatic carbocycles. The summed E-state index contributed by atoms with van der Waals surface area (Å²) in [5.74, 6) is 6.84. The maximum Gasteiger partial charge on any atom is 0.225 e. The smallest absolute Gasteiger partial charge is 0.225 e. The van der Waals surface area contributed by atoms with E-state index in [4.69, 9.17) is 0 Å². The van der Waals surface area contributed by atoms with Gasteiger partial charge in [-0.3, -0.25) is 9.69 Å². The van der Waals surface area contributed by atoms with Gasteiger partial charge >= 0.3 is 0 Å². The molecule has 1 amide bonds. The van der Waals surface area contributed by atoms with E-state index >= 15 is 0 Å². The first-order valence-corrected chi connectivity index (χ1v) is 10.7. The SMILES string of the molecule is CCC#CCCNC(=O)Cc1cnc(N2C3CCC2CN(C(C)CC)C3)nc1.[HH]. The van der Waals surface area contributed by atoms with Crippen LogP contribution in [0.25, 0.3) is 0 Å². The van der Waals surface area contributed by atoms with Crippen molar-refractivity contribution < 1.29 is 6.22 Å². The Morgan fingerprint density at radius 3 is 2.54 bits per heavy atom. The Bertz CT molecular complexity index is 700. The topological polar surface area (TPSA) is 61.4 Å². The highest BCUT2D eigenvalue weighted by atomic mass is 16.1. The van der Waals surface area contributed by atoms with Gasteiger partial charge in [0.15, 0.2) is 0 Å². The first kappa shape index (κ1) is 20.6. The van der Waals surface area contributed by atoms with Crippen LogP contribution in [0.2, 0.25) is 0 Å². The fourth-order valence-electron chi connectivity index (χ4n) is 4.18. The largest absolute Gasteiger partial charge is 0.355 e. The van der Waals surface area contributed by atoms with Crippen LogP contribution in [-0.4, -0.2) is 58.5 Å². The summed E-state index contributed by atoms with van der Waals surface area (Å²) in [6.07, 6.45) is 9.09. The zero-order valence-corrected chi connectivity index (χ0v) is 17.4. The third-order valence-corrected chi connectivity index (χ3v) is 5.89. The lowest BCUT2D eigenvalue weighted by Gasteiger charge is -2.43. The highest BCUT2D eigenvalue weighted by molar-refractivity contribution is 5.78. The Morgan fingerprint density at radius 1 is 1.25 bits per heavy atom. The molecule has 2 aliphatic rings. The molecule has 3 unspecified atom stereocenters. The predicted octanol–water partition coefficient (Wildman–Crippen LogP) is 2.64. The van der Waals surface area contributed by atoms with Crippen molar-refractivity contribution in [1.82, 2.24) is 20.2 Å². The minimum absolute atomic E-state index is 0. The summed E-state index contributed by atoms with van der Waals surface area (Å²) in [4.78, 5) is 26.3. The molecule has 2 bridgehead atoms. The van der Waals surface area contributed by atoms with Gasteiger partial charge in [0.2, 0.25) is 11.9 Å². The molecular weight excluding hydrogens is 350 g/mol. The van der Waals surface area contributed by atoms with Gasteiger partial charge in [0, 0.05) is 64.4 Å². The number of likely N-dealkylation sites (tertiary alicyclic amines) is 1. The molecule has 2 saturated heterocycles. The Kier molecular flexibility index (Phi) is 7.27. The fraction of sp³-hybridized carbons (Fsp3) is 0.682. The van der Waals surface area contributed by atoms with E-state index in [-0.39, 0.29) is 7.33 Å². The number of aromatic nitrogens is 2. The second kappa shape index (κ2) is 9.88. The molecule has 0 aromatic carbocycles. The number of carbonyl (C=O) groups excluding carboxylic acids is 1. The van der Waals surface area contributed by atoms with Gasteiger partial charge < -0.3 is 10.2 Å². The molecule has 0 spiro atoms. The molecule has 6 nitrogen and oxygen atoms in total. The Morgan fingerprint density at radius 2 is 1.93 bits per heavy atom. The number of nitrogens with one attached hydrogen (secondary N) is 1. The molecule has 1 N–H and O–H groups in total. The highest BCUT2D eigenvalue weighted by Gasteiger charge is 2.41. The number of amides is 1. The summed E-state index contributed by atoms with van der Waals surface area (Å²) in [5, 5.41) is 2.90. The molecule has 0 radical (unpaired) electrons. The average molecular weight is 386 g/mol. The van der Waals surface area contributed by atoms with Crippen molar-refractivity contribution in [2.75, 3.05) is 24.5 Å². The molecule has 1 aromatic rings. The van der Waals surface area contributed by atoms with Crippen LogP contribution in [0.15, 0.2) is 12.4 Å². The van der Waals surface area contributed by atoms with Crippen molar-refractivity contribution in [2.45, 2.75) is 77.4 Å². The van der Waals surface area contributed by atoms with Crippen LogP contribution in [0, 0.1) is 11.8 Å². The molecular formula is C22H35N5O. The summed E-state index contributed by atoms with van der Waals surface area (Å²) in [7, 11) is 0. The van der Waals surface area contributed by atoms with Crippen LogP contribution in [0.3, 0.4) is 0 Å². The van der Waals surface area contributed by atoms with E-state index in [1.165, 1.54) is 19.3 Å².